The summed E-state index contributed by atoms with van der Waals surface area (Å²) in [6.45, 7) is 4.69. The Balaban J connectivity index is 1.89. The van der Waals surface area contributed by atoms with Gasteiger partial charge in [0.05, 0.1) is 6.04 Å². The van der Waals surface area contributed by atoms with E-state index in [1.807, 2.05) is 18.7 Å². The van der Waals surface area contributed by atoms with Gasteiger partial charge in [0.15, 0.2) is 0 Å². The van der Waals surface area contributed by atoms with E-state index in [-0.39, 0.29) is 18.6 Å². The summed E-state index contributed by atoms with van der Waals surface area (Å²) >= 11 is 0. The van der Waals surface area contributed by atoms with Crippen LogP contribution in [-0.4, -0.2) is 84.2 Å². The Morgan fingerprint density at radius 3 is 2.38 bits per heavy atom. The van der Waals surface area contributed by atoms with Crippen molar-refractivity contribution in [2.45, 2.75) is 44.9 Å². The smallest absolute Gasteiger partial charge is 0.336 e. The maximum absolute atomic E-state index is 12.6. The van der Waals surface area contributed by atoms with E-state index >= 15 is 0 Å². The highest BCUT2D eigenvalue weighted by atomic mass is 19.4. The van der Waals surface area contributed by atoms with Crippen LogP contribution in [0.1, 0.15) is 26.7 Å². The van der Waals surface area contributed by atoms with Crippen LogP contribution in [-0.2, 0) is 4.79 Å². The van der Waals surface area contributed by atoms with Gasteiger partial charge in [-0.05, 0) is 26.7 Å². The lowest BCUT2D eigenvalue weighted by Crippen LogP contribution is -2.60. The molecule has 0 aromatic carbocycles. The Bertz CT molecular complexity index is 462. The summed E-state index contributed by atoms with van der Waals surface area (Å²) in [5.41, 5.74) is 0. The van der Waals surface area contributed by atoms with Crippen LogP contribution in [0.4, 0.5) is 18.0 Å². The minimum atomic E-state index is -4.37. The van der Waals surface area contributed by atoms with Gasteiger partial charge in [0, 0.05) is 38.8 Å². The van der Waals surface area contributed by atoms with E-state index in [0.717, 1.165) is 4.90 Å². The molecule has 0 aromatic heterocycles. The predicted octanol–water partition coefficient (Wildman–Crippen LogP) is 1.28. The van der Waals surface area contributed by atoms with Crippen molar-refractivity contribution >= 4 is 11.9 Å². The van der Waals surface area contributed by atoms with Gasteiger partial charge >= 0.3 is 12.2 Å². The normalized spacial score (nSPS) is 23.8. The van der Waals surface area contributed by atoms with Crippen LogP contribution in [0.3, 0.4) is 0 Å². The number of rotatable bonds is 3. The van der Waals surface area contributed by atoms with Crippen LogP contribution < -0.4 is 5.32 Å². The van der Waals surface area contributed by atoms with Gasteiger partial charge in [0.2, 0.25) is 5.91 Å². The topological polar surface area (TPSA) is 55.9 Å². The van der Waals surface area contributed by atoms with E-state index < -0.39 is 24.7 Å². The zero-order valence-electron chi connectivity index (χ0n) is 14.1. The average Bonchev–Trinajstić information content (AvgIpc) is 2.47. The molecule has 0 bridgehead atoms. The summed E-state index contributed by atoms with van der Waals surface area (Å²) in [6, 6.07) is -0.596. The first-order valence-electron chi connectivity index (χ1n) is 8.32. The first-order chi connectivity index (χ1) is 11.2. The molecule has 0 aliphatic carbocycles. The fourth-order valence-corrected chi connectivity index (χ4v) is 3.21. The molecule has 9 heteroatoms. The molecule has 3 amide bonds. The Morgan fingerprint density at radius 1 is 1.21 bits per heavy atom. The van der Waals surface area contributed by atoms with Crippen LogP contribution in [0.15, 0.2) is 0 Å². The lowest BCUT2D eigenvalue weighted by atomic mass is 10.0. The van der Waals surface area contributed by atoms with Crippen LogP contribution in [0.2, 0.25) is 0 Å². The number of amides is 3. The third-order valence-electron chi connectivity index (χ3n) is 4.33. The van der Waals surface area contributed by atoms with Crippen molar-refractivity contribution in [2.75, 3.05) is 39.3 Å². The summed E-state index contributed by atoms with van der Waals surface area (Å²) in [5.74, 6) is -0.446. The highest BCUT2D eigenvalue weighted by Gasteiger charge is 2.40. The number of piperidine rings is 1. The summed E-state index contributed by atoms with van der Waals surface area (Å²) in [4.78, 5) is 28.8. The van der Waals surface area contributed by atoms with Crippen LogP contribution >= 0.6 is 0 Å². The number of nitrogens with one attached hydrogen (secondary N) is 1. The number of carbonyl (C=O) groups excluding carboxylic acids is 2. The second kappa shape index (κ2) is 7.58. The minimum Gasteiger partial charge on any atom is -0.336 e. The molecule has 0 radical (unpaired) electrons. The predicted molar refractivity (Wildman–Crippen MR) is 82.5 cm³/mol. The number of nitrogens with zero attached hydrogens (tertiary/aromatic N) is 3. The maximum atomic E-state index is 12.6. The van der Waals surface area contributed by atoms with Crippen molar-refractivity contribution in [3.63, 3.8) is 0 Å². The Kier molecular flexibility index (Phi) is 5.95. The third kappa shape index (κ3) is 4.99. The van der Waals surface area contributed by atoms with Crippen LogP contribution in [0.25, 0.3) is 0 Å². The van der Waals surface area contributed by atoms with Crippen LogP contribution in [0.5, 0.6) is 0 Å². The van der Waals surface area contributed by atoms with Gasteiger partial charge in [-0.3, -0.25) is 9.69 Å². The van der Waals surface area contributed by atoms with Crippen molar-refractivity contribution in [1.29, 1.82) is 0 Å². The summed E-state index contributed by atoms with van der Waals surface area (Å²) in [7, 11) is 0. The molecule has 0 aromatic rings. The molecule has 6 nitrogen and oxygen atoms in total. The van der Waals surface area contributed by atoms with E-state index in [2.05, 4.69) is 5.32 Å². The lowest BCUT2D eigenvalue weighted by molar-refractivity contribution is -0.168. The number of halogens is 3. The second-order valence-corrected chi connectivity index (χ2v) is 6.66. The number of hydrogen-bond donors (Lipinski definition) is 1. The van der Waals surface area contributed by atoms with E-state index in [1.165, 1.54) is 0 Å². The molecule has 138 valence electrons. The molecule has 2 aliphatic rings. The molecular weight excluding hydrogens is 325 g/mol. The average molecular weight is 350 g/mol. The quantitative estimate of drug-likeness (QED) is 0.834. The highest BCUT2D eigenvalue weighted by Crippen LogP contribution is 2.23. The molecule has 1 atom stereocenters. The van der Waals surface area contributed by atoms with Crippen molar-refractivity contribution in [3.05, 3.63) is 0 Å². The number of piperazine rings is 1. The standard InChI is InChI=1S/C15H25F3N4O2/c1-11(2)19-14(24)21-8-6-20(7-9-21)12-4-3-5-22(13(12)23)10-15(16,17)18/h11-12H,3-10H2,1-2H3,(H,19,24). The maximum Gasteiger partial charge on any atom is 0.406 e. The molecule has 0 saturated carbocycles. The third-order valence-corrected chi connectivity index (χ3v) is 4.33. The Morgan fingerprint density at radius 2 is 1.83 bits per heavy atom. The molecule has 24 heavy (non-hydrogen) atoms. The molecule has 0 spiro atoms. The van der Waals surface area contributed by atoms with Gasteiger partial charge in [0.1, 0.15) is 6.54 Å². The molecule has 1 N–H and O–H groups in total. The number of alkyl halides is 3. The molecule has 2 heterocycles. The Hall–Kier alpha value is -1.51. The van der Waals surface area contributed by atoms with E-state index in [9.17, 15) is 22.8 Å². The second-order valence-electron chi connectivity index (χ2n) is 6.66. The Labute approximate surface area is 139 Å². The van der Waals surface area contributed by atoms with Crippen molar-refractivity contribution in [1.82, 2.24) is 20.0 Å². The van der Waals surface area contributed by atoms with Crippen LogP contribution in [0, 0.1) is 0 Å². The molecular formula is C15H25F3N4O2. The summed E-state index contributed by atoms with van der Waals surface area (Å²) < 4.78 is 37.7. The summed E-state index contributed by atoms with van der Waals surface area (Å²) in [5, 5.41) is 2.82. The van der Waals surface area contributed by atoms with Gasteiger partial charge in [-0.15, -0.1) is 0 Å². The van der Waals surface area contributed by atoms with E-state index in [4.69, 9.17) is 0 Å². The molecule has 1 unspecified atom stereocenters. The van der Waals surface area contributed by atoms with E-state index in [0.29, 0.717) is 39.0 Å². The van der Waals surface area contributed by atoms with Gasteiger partial charge in [-0.2, -0.15) is 13.2 Å². The van der Waals surface area contributed by atoms with Crippen molar-refractivity contribution in [2.24, 2.45) is 0 Å². The number of carbonyl (C=O) groups is 2. The summed E-state index contributed by atoms with van der Waals surface area (Å²) in [6.07, 6.45) is -3.23. The monoisotopic (exact) mass is 350 g/mol. The number of hydrogen-bond acceptors (Lipinski definition) is 3. The zero-order chi connectivity index (χ0) is 17.9. The molecule has 2 fully saturated rings. The van der Waals surface area contributed by atoms with E-state index in [1.54, 1.807) is 4.90 Å². The van der Waals surface area contributed by atoms with Gasteiger partial charge in [-0.25, -0.2) is 4.79 Å². The highest BCUT2D eigenvalue weighted by molar-refractivity contribution is 5.82. The lowest BCUT2D eigenvalue weighted by Gasteiger charge is -2.42. The fraction of sp³-hybridized carbons (Fsp3) is 0.867. The van der Waals surface area contributed by atoms with Gasteiger partial charge in [0.25, 0.3) is 0 Å². The van der Waals surface area contributed by atoms with Gasteiger partial charge < -0.3 is 15.1 Å². The zero-order valence-corrected chi connectivity index (χ0v) is 14.1. The van der Waals surface area contributed by atoms with Gasteiger partial charge in [-0.1, -0.05) is 0 Å². The fourth-order valence-electron chi connectivity index (χ4n) is 3.21. The molecule has 2 saturated heterocycles. The SMILES string of the molecule is CC(C)NC(=O)N1CCN(C2CCCN(CC(F)(F)F)C2=O)CC1. The number of urea groups is 1. The van der Waals surface area contributed by atoms with Crippen molar-refractivity contribution < 1.29 is 22.8 Å². The number of likely N-dealkylation sites (tertiary alicyclic amines) is 1. The van der Waals surface area contributed by atoms with Crippen molar-refractivity contribution in [3.8, 4) is 0 Å². The molecule has 2 aliphatic heterocycles. The first kappa shape index (κ1) is 18.8. The largest absolute Gasteiger partial charge is 0.406 e. The molecule has 2 rings (SSSR count). The first-order valence-corrected chi connectivity index (χ1v) is 8.32. The minimum absolute atomic E-state index is 0.0476.